The molecule has 0 rings (SSSR count). The molecule has 0 amide bonds. The van der Waals surface area contributed by atoms with Gasteiger partial charge < -0.3 is 24.9 Å². The number of carboxylic acid groups (broad SMARTS) is 1. The quantitative estimate of drug-likeness (QED) is 0.137. The van der Waals surface area contributed by atoms with Crippen molar-refractivity contribution in [1.82, 2.24) is 0 Å². The molecule has 0 heterocycles. The van der Waals surface area contributed by atoms with E-state index in [0.717, 1.165) is 6.92 Å². The lowest BCUT2D eigenvalue weighted by Gasteiger charge is -1.69. The number of carbonyl (C=O) groups is 1. The van der Waals surface area contributed by atoms with E-state index in [4.69, 9.17) is 23.6 Å². The molecule has 0 aliphatic rings. The predicted molar refractivity (Wildman–Crippen MR) is 39.6 cm³/mol. The summed E-state index contributed by atoms with van der Waals surface area (Å²) in [6.45, 7) is 1.08. The van der Waals surface area contributed by atoms with E-state index in [1.165, 1.54) is 0 Å². The van der Waals surface area contributed by atoms with Crippen LogP contribution in [0.25, 0.3) is 0 Å². The number of rotatable bonds is 0. The zero-order chi connectivity index (χ0) is 9.86. The van der Waals surface area contributed by atoms with E-state index < -0.39 is 21.9 Å². The summed E-state index contributed by atoms with van der Waals surface area (Å²) in [6.07, 6.45) is 0. The summed E-state index contributed by atoms with van der Waals surface area (Å²) in [5.41, 5.74) is 8.94. The Morgan fingerprint density at radius 3 is 1.45 bits per heavy atom. The predicted octanol–water partition coefficient (Wildman–Crippen LogP) is -2.57. The van der Waals surface area contributed by atoms with Gasteiger partial charge in [0, 0.05) is 6.92 Å². The molecule has 0 aromatic rings. The highest BCUT2D eigenvalue weighted by Crippen LogP contribution is 1.42. The molecule has 65 valence electrons. The molecule has 8 heteroatoms. The number of guanidine groups is 1. The van der Waals surface area contributed by atoms with Crippen molar-refractivity contribution in [1.29, 1.82) is 5.41 Å². The van der Waals surface area contributed by atoms with Gasteiger partial charge in [0.1, 0.15) is 0 Å². The molecular weight excluding hydrogens is 169 g/mol. The van der Waals surface area contributed by atoms with Crippen LogP contribution >= 0.6 is 0 Å². The minimum Gasteiger partial charge on any atom is -0.499 e. The van der Waals surface area contributed by atoms with Gasteiger partial charge in [0.25, 0.3) is 5.97 Å². The Bertz CT molecular complexity index is 88.8. The van der Waals surface area contributed by atoms with Crippen molar-refractivity contribution in [2.45, 2.75) is 6.92 Å². The first-order chi connectivity index (χ1) is 4.88. The lowest BCUT2D eigenvalue weighted by molar-refractivity contribution is -0.134. The molecule has 0 unspecified atom stereocenters. The van der Waals surface area contributed by atoms with Gasteiger partial charge in [-0.15, -0.1) is 0 Å². The lowest BCUT2D eigenvalue weighted by atomic mass is 10.9. The first-order valence-electron chi connectivity index (χ1n) is 2.27. The molecule has 0 saturated carbocycles. The molecule has 0 bridgehead atoms. The fraction of sp³-hybridized carbons (Fsp3) is 0.333. The van der Waals surface area contributed by atoms with Crippen molar-refractivity contribution in [3.63, 3.8) is 0 Å². The smallest absolute Gasteiger partial charge is 0.499 e. The molecule has 11 heavy (non-hydrogen) atoms. The van der Waals surface area contributed by atoms with Gasteiger partial charge in [-0.3, -0.25) is 10.2 Å². The number of aliphatic carboxylic acids is 1. The largest absolute Gasteiger partial charge is 0.662 e. The second-order valence-corrected chi connectivity index (χ2v) is 1.32. The molecule has 1 radical (unpaired) electrons. The van der Waals surface area contributed by atoms with E-state index >= 15 is 0 Å². The van der Waals surface area contributed by atoms with Crippen LogP contribution in [0.15, 0.2) is 0 Å². The maximum Gasteiger partial charge on any atom is 0.662 e. The van der Waals surface area contributed by atoms with E-state index in [9.17, 15) is 0 Å². The molecule has 0 saturated heterocycles. The van der Waals surface area contributed by atoms with Gasteiger partial charge in [-0.25, -0.2) is 0 Å². The zero-order valence-corrected chi connectivity index (χ0v) is 7.14. The summed E-state index contributed by atoms with van der Waals surface area (Å²) in [7, 11) is 0. The van der Waals surface area contributed by atoms with Crippen LogP contribution in [0.5, 0.6) is 0 Å². The SMILES string of the molecule is CC(=O)O.N=C(N)N.[OH][Al][OH]. The standard InChI is InChI=1S/C2H4O2.CH5N3.Al.2H2O/c1-2(3)4;2-1(3)4;;;/h1H3,(H,3,4);(H5,2,3,4);;2*1H2/q;;+2;;/p-2. The highest BCUT2D eigenvalue weighted by atomic mass is 27.2. The fourth-order valence-corrected chi connectivity index (χ4v) is 0. The minimum atomic E-state index is -1.25. The fourth-order valence-electron chi connectivity index (χ4n) is 0. The van der Waals surface area contributed by atoms with Crippen molar-refractivity contribution >= 4 is 27.8 Å². The second kappa shape index (κ2) is 16.1. The van der Waals surface area contributed by atoms with Gasteiger partial charge in [0.2, 0.25) is 0 Å². The topological polar surface area (TPSA) is 154 Å². The Hall–Kier alpha value is -0.808. The maximum atomic E-state index is 9.00. The van der Waals surface area contributed by atoms with E-state index in [-0.39, 0.29) is 5.96 Å². The Balaban J connectivity index is -0.0000000886. The van der Waals surface area contributed by atoms with Crippen LogP contribution in [-0.2, 0) is 4.79 Å². The van der Waals surface area contributed by atoms with E-state index in [2.05, 4.69) is 11.5 Å². The van der Waals surface area contributed by atoms with Gasteiger partial charge in [0.05, 0.1) is 0 Å². The number of nitrogens with one attached hydrogen (secondary N) is 1. The lowest BCUT2D eigenvalue weighted by Crippen LogP contribution is -2.20. The molecule has 0 aliphatic carbocycles. The summed E-state index contributed by atoms with van der Waals surface area (Å²) in [4.78, 5) is 9.00. The number of hydrogen-bond acceptors (Lipinski definition) is 4. The Kier molecular flexibility index (Phi) is 24.4. The third-order valence-corrected chi connectivity index (χ3v) is 0. The summed E-state index contributed by atoms with van der Waals surface area (Å²) >= 11 is -1.25. The van der Waals surface area contributed by atoms with Gasteiger partial charge in [-0.1, -0.05) is 0 Å². The van der Waals surface area contributed by atoms with Gasteiger partial charge in [0.15, 0.2) is 5.96 Å². The summed E-state index contributed by atoms with van der Waals surface area (Å²) < 4.78 is 14.4. The molecule has 0 spiro atoms. The Labute approximate surface area is 70.5 Å². The minimum absolute atomic E-state index is 0.333. The first kappa shape index (κ1) is 16.6. The molecule has 0 aromatic heterocycles. The van der Waals surface area contributed by atoms with E-state index in [0.29, 0.717) is 0 Å². The number of carboxylic acids is 1. The van der Waals surface area contributed by atoms with Gasteiger partial charge >= 0.3 is 15.9 Å². The molecule has 8 N–H and O–H groups in total. The Morgan fingerprint density at radius 1 is 1.45 bits per heavy atom. The summed E-state index contributed by atoms with van der Waals surface area (Å²) in [5.74, 6) is -1.17. The number of hydrogen-bond donors (Lipinski definition) is 6. The molecule has 0 aromatic carbocycles. The number of nitrogens with two attached hydrogens (primary N) is 2. The van der Waals surface area contributed by atoms with Crippen LogP contribution in [0.2, 0.25) is 0 Å². The van der Waals surface area contributed by atoms with Crippen molar-refractivity contribution in [3.8, 4) is 0 Å². The van der Waals surface area contributed by atoms with Crippen LogP contribution in [0.3, 0.4) is 0 Å². The maximum absolute atomic E-state index is 9.00. The molecule has 0 aliphatic heterocycles. The average molecular weight is 180 g/mol. The third-order valence-electron chi connectivity index (χ3n) is 0. The van der Waals surface area contributed by atoms with Crippen LogP contribution in [0.1, 0.15) is 6.92 Å². The second-order valence-electron chi connectivity index (χ2n) is 1.09. The molecular formula is C3H11AlN3O4. The van der Waals surface area contributed by atoms with Crippen LogP contribution < -0.4 is 11.5 Å². The van der Waals surface area contributed by atoms with Crippen LogP contribution in [0, 0.1) is 5.41 Å². The summed E-state index contributed by atoms with van der Waals surface area (Å²) in [5, 5.41) is 13.5. The van der Waals surface area contributed by atoms with E-state index in [1.807, 2.05) is 0 Å². The summed E-state index contributed by atoms with van der Waals surface area (Å²) in [6, 6.07) is 0. The van der Waals surface area contributed by atoms with Crippen LogP contribution in [-0.4, -0.2) is 41.2 Å². The average Bonchev–Trinajstić information content (AvgIpc) is 1.60. The van der Waals surface area contributed by atoms with Gasteiger partial charge in [-0.05, 0) is 0 Å². The Morgan fingerprint density at radius 2 is 1.45 bits per heavy atom. The van der Waals surface area contributed by atoms with Crippen molar-refractivity contribution in [2.75, 3.05) is 0 Å². The molecule has 0 atom stereocenters. The highest BCUT2D eigenvalue weighted by molar-refractivity contribution is 6.13. The normalized spacial score (nSPS) is 5.73. The zero-order valence-electron chi connectivity index (χ0n) is 5.98. The molecule has 0 fully saturated rings. The molecule has 7 nitrogen and oxygen atoms in total. The van der Waals surface area contributed by atoms with Crippen molar-refractivity contribution in [2.24, 2.45) is 11.5 Å². The monoisotopic (exact) mass is 180 g/mol. The van der Waals surface area contributed by atoms with E-state index in [1.54, 1.807) is 0 Å². The van der Waals surface area contributed by atoms with Gasteiger partial charge in [-0.2, -0.15) is 0 Å². The first-order valence-corrected chi connectivity index (χ1v) is 3.30. The van der Waals surface area contributed by atoms with Crippen molar-refractivity contribution < 1.29 is 18.2 Å². The van der Waals surface area contributed by atoms with Crippen LogP contribution in [0.4, 0.5) is 0 Å². The van der Waals surface area contributed by atoms with Crippen molar-refractivity contribution in [3.05, 3.63) is 0 Å². The highest BCUT2D eigenvalue weighted by Gasteiger charge is 1.65. The third kappa shape index (κ3) is 729.